The van der Waals surface area contributed by atoms with Crippen molar-refractivity contribution in [1.82, 2.24) is 0 Å². The summed E-state index contributed by atoms with van der Waals surface area (Å²) in [6.07, 6.45) is 1.69. The zero-order valence-electron chi connectivity index (χ0n) is 9.82. The van der Waals surface area contributed by atoms with Crippen LogP contribution >= 0.6 is 11.6 Å². The topological polar surface area (TPSA) is 53.2 Å². The van der Waals surface area contributed by atoms with Crippen molar-refractivity contribution in [2.45, 2.75) is 32.3 Å². The first-order valence-corrected chi connectivity index (χ1v) is 6.00. The van der Waals surface area contributed by atoms with Gasteiger partial charge in [-0.2, -0.15) is 5.26 Å². The largest absolute Gasteiger partial charge is 0.492 e. The van der Waals surface area contributed by atoms with Crippen molar-refractivity contribution in [2.75, 3.05) is 6.61 Å². The summed E-state index contributed by atoms with van der Waals surface area (Å²) in [7, 11) is 0. The molecule has 0 aliphatic carbocycles. The number of rotatable bonds is 6. The lowest BCUT2D eigenvalue weighted by Crippen LogP contribution is -1.99. The molecule has 0 amide bonds. The van der Waals surface area contributed by atoms with Gasteiger partial charge >= 0.3 is 0 Å². The van der Waals surface area contributed by atoms with Gasteiger partial charge in [-0.3, -0.25) is 0 Å². The number of hydrogen-bond donors (Lipinski definition) is 1. The molecule has 0 unspecified atom stereocenters. The number of ether oxygens (including phenoxy) is 1. The second kappa shape index (κ2) is 7.16. The van der Waals surface area contributed by atoms with Crippen LogP contribution in [0.25, 0.3) is 0 Å². The second-order valence-electron chi connectivity index (χ2n) is 3.83. The quantitative estimate of drug-likeness (QED) is 0.790. The van der Waals surface area contributed by atoms with Crippen molar-refractivity contribution in [3.8, 4) is 11.8 Å². The van der Waals surface area contributed by atoms with Gasteiger partial charge < -0.3 is 9.84 Å². The molecule has 1 N–H and O–H groups in total. The fraction of sp³-hybridized carbons (Fsp3) is 0.462. The van der Waals surface area contributed by atoms with Crippen LogP contribution in [0.2, 0.25) is 5.02 Å². The zero-order valence-corrected chi connectivity index (χ0v) is 10.6. The highest BCUT2D eigenvalue weighted by molar-refractivity contribution is 6.32. The highest BCUT2D eigenvalue weighted by Gasteiger charge is 2.06. The van der Waals surface area contributed by atoms with E-state index in [2.05, 4.69) is 6.07 Å². The number of hydrogen-bond acceptors (Lipinski definition) is 3. The van der Waals surface area contributed by atoms with Gasteiger partial charge in [0.05, 0.1) is 23.8 Å². The summed E-state index contributed by atoms with van der Waals surface area (Å²) in [5.74, 6) is 0.619. The SMILES string of the molecule is C[C@H](O)c1ccc(OCCCCC#N)c(Cl)c1. The minimum absolute atomic E-state index is 0.503. The third kappa shape index (κ3) is 4.64. The van der Waals surface area contributed by atoms with Crippen molar-refractivity contribution in [2.24, 2.45) is 0 Å². The lowest BCUT2D eigenvalue weighted by Gasteiger charge is -2.10. The Morgan fingerprint density at radius 1 is 1.47 bits per heavy atom. The molecule has 0 spiro atoms. The average molecular weight is 254 g/mol. The summed E-state index contributed by atoms with van der Waals surface area (Å²) in [4.78, 5) is 0. The van der Waals surface area contributed by atoms with Crippen LogP contribution in [0.3, 0.4) is 0 Å². The van der Waals surface area contributed by atoms with Gasteiger partial charge in [0.2, 0.25) is 0 Å². The Morgan fingerprint density at radius 3 is 2.82 bits per heavy atom. The van der Waals surface area contributed by atoms with Crippen LogP contribution in [0.5, 0.6) is 5.75 Å². The van der Waals surface area contributed by atoms with Crippen LogP contribution in [0.4, 0.5) is 0 Å². The fourth-order valence-electron chi connectivity index (χ4n) is 1.38. The molecule has 1 rings (SSSR count). The number of nitriles is 1. The average Bonchev–Trinajstić information content (AvgIpc) is 2.30. The van der Waals surface area contributed by atoms with Gasteiger partial charge in [-0.15, -0.1) is 0 Å². The van der Waals surface area contributed by atoms with Crippen LogP contribution in [-0.4, -0.2) is 11.7 Å². The van der Waals surface area contributed by atoms with E-state index in [1.165, 1.54) is 0 Å². The first-order valence-electron chi connectivity index (χ1n) is 5.62. The minimum atomic E-state index is -0.530. The molecular formula is C13H16ClNO2. The van der Waals surface area contributed by atoms with Crippen LogP contribution in [0.15, 0.2) is 18.2 Å². The van der Waals surface area contributed by atoms with Gasteiger partial charge in [-0.25, -0.2) is 0 Å². The first-order chi connectivity index (χ1) is 8.15. The molecule has 4 heteroatoms. The highest BCUT2D eigenvalue weighted by atomic mass is 35.5. The molecule has 1 atom stereocenters. The summed E-state index contributed by atoms with van der Waals surface area (Å²) < 4.78 is 5.50. The Hall–Kier alpha value is -1.24. The van der Waals surface area contributed by atoms with Gasteiger partial charge in [-0.05, 0) is 37.5 Å². The molecule has 1 aromatic carbocycles. The van der Waals surface area contributed by atoms with Gasteiger partial charge in [-0.1, -0.05) is 17.7 Å². The number of benzene rings is 1. The molecule has 17 heavy (non-hydrogen) atoms. The van der Waals surface area contributed by atoms with Crippen molar-refractivity contribution >= 4 is 11.6 Å². The normalized spacial score (nSPS) is 11.9. The number of unbranched alkanes of at least 4 members (excludes halogenated alkanes) is 2. The standard InChI is InChI=1S/C13H16ClNO2/c1-10(16)11-5-6-13(12(14)9-11)17-8-4-2-3-7-15/h5-6,9-10,16H,2-4,8H2,1H3/t10-/m0/s1. The van der Waals surface area contributed by atoms with E-state index in [4.69, 9.17) is 21.6 Å². The van der Waals surface area contributed by atoms with Crippen LogP contribution in [0, 0.1) is 11.3 Å². The minimum Gasteiger partial charge on any atom is -0.492 e. The monoisotopic (exact) mass is 253 g/mol. The van der Waals surface area contributed by atoms with Gasteiger partial charge in [0.25, 0.3) is 0 Å². The van der Waals surface area contributed by atoms with E-state index in [1.54, 1.807) is 25.1 Å². The smallest absolute Gasteiger partial charge is 0.137 e. The van der Waals surface area contributed by atoms with Gasteiger partial charge in [0.1, 0.15) is 5.75 Å². The Bertz CT molecular complexity index is 399. The Balaban J connectivity index is 2.47. The number of nitrogens with zero attached hydrogens (tertiary/aromatic N) is 1. The molecule has 0 aliphatic rings. The van der Waals surface area contributed by atoms with E-state index < -0.39 is 6.10 Å². The van der Waals surface area contributed by atoms with E-state index in [1.807, 2.05) is 0 Å². The molecule has 92 valence electrons. The van der Waals surface area contributed by atoms with E-state index in [0.717, 1.165) is 18.4 Å². The molecule has 0 saturated heterocycles. The van der Waals surface area contributed by atoms with E-state index in [0.29, 0.717) is 23.8 Å². The number of aliphatic hydroxyl groups is 1. The molecule has 0 radical (unpaired) electrons. The third-order valence-electron chi connectivity index (χ3n) is 2.38. The first kappa shape index (κ1) is 13.8. The fourth-order valence-corrected chi connectivity index (χ4v) is 1.63. The molecule has 3 nitrogen and oxygen atoms in total. The van der Waals surface area contributed by atoms with Crippen molar-refractivity contribution in [3.05, 3.63) is 28.8 Å². The van der Waals surface area contributed by atoms with Gasteiger partial charge in [0.15, 0.2) is 0 Å². The summed E-state index contributed by atoms with van der Waals surface area (Å²) in [6.45, 7) is 2.24. The summed E-state index contributed by atoms with van der Waals surface area (Å²) in [6, 6.07) is 7.34. The molecule has 0 saturated carbocycles. The van der Waals surface area contributed by atoms with Crippen molar-refractivity contribution in [3.63, 3.8) is 0 Å². The summed E-state index contributed by atoms with van der Waals surface area (Å²) in [5.41, 5.74) is 0.770. The van der Waals surface area contributed by atoms with E-state index >= 15 is 0 Å². The zero-order chi connectivity index (χ0) is 12.7. The third-order valence-corrected chi connectivity index (χ3v) is 2.67. The predicted octanol–water partition coefficient (Wildman–Crippen LogP) is 3.47. The van der Waals surface area contributed by atoms with Crippen molar-refractivity contribution in [1.29, 1.82) is 5.26 Å². The second-order valence-corrected chi connectivity index (χ2v) is 4.24. The molecule has 0 heterocycles. The van der Waals surface area contributed by atoms with Crippen LogP contribution in [0.1, 0.15) is 37.9 Å². The lowest BCUT2D eigenvalue weighted by molar-refractivity contribution is 0.199. The van der Waals surface area contributed by atoms with Crippen LogP contribution in [-0.2, 0) is 0 Å². The Kier molecular flexibility index (Phi) is 5.82. The maximum absolute atomic E-state index is 9.38. The van der Waals surface area contributed by atoms with E-state index in [-0.39, 0.29) is 0 Å². The Labute approximate surface area is 107 Å². The maximum atomic E-state index is 9.38. The molecule has 0 bridgehead atoms. The van der Waals surface area contributed by atoms with Crippen LogP contribution < -0.4 is 4.74 Å². The van der Waals surface area contributed by atoms with Gasteiger partial charge in [0, 0.05) is 6.42 Å². The molecule has 1 aromatic rings. The molecule has 0 aromatic heterocycles. The molecule has 0 fully saturated rings. The molecule has 0 aliphatic heterocycles. The molecular weight excluding hydrogens is 238 g/mol. The Morgan fingerprint density at radius 2 is 2.24 bits per heavy atom. The summed E-state index contributed by atoms with van der Waals surface area (Å²) in [5, 5.41) is 18.3. The summed E-state index contributed by atoms with van der Waals surface area (Å²) >= 11 is 6.03. The predicted molar refractivity (Wildman–Crippen MR) is 67.0 cm³/mol. The van der Waals surface area contributed by atoms with Crippen molar-refractivity contribution < 1.29 is 9.84 Å². The van der Waals surface area contributed by atoms with E-state index in [9.17, 15) is 5.11 Å². The lowest BCUT2D eigenvalue weighted by atomic mass is 10.1. The maximum Gasteiger partial charge on any atom is 0.137 e. The number of halogens is 1. The number of aliphatic hydroxyl groups excluding tert-OH is 1. The highest BCUT2D eigenvalue weighted by Crippen LogP contribution is 2.27.